The maximum absolute atomic E-state index is 12.1. The zero-order valence-electron chi connectivity index (χ0n) is 12.2. The second-order valence-corrected chi connectivity index (χ2v) is 5.28. The number of aromatic nitrogens is 4. The number of carbonyl (C=O) groups is 1. The van der Waals surface area contributed by atoms with Crippen LogP contribution in [0.5, 0.6) is 0 Å². The lowest BCUT2D eigenvalue weighted by Gasteiger charge is -2.03. The molecule has 118 valence electrons. The third-order valence-electron chi connectivity index (χ3n) is 3.30. The molecular formula is C15H15ClN6O. The fourth-order valence-electron chi connectivity index (χ4n) is 2.12. The predicted molar refractivity (Wildman–Crippen MR) is 86.2 cm³/mol. The van der Waals surface area contributed by atoms with Crippen LogP contribution in [0.1, 0.15) is 21.9 Å². The number of amides is 1. The molecule has 3 rings (SSSR count). The van der Waals surface area contributed by atoms with E-state index >= 15 is 0 Å². The van der Waals surface area contributed by atoms with Gasteiger partial charge in [-0.3, -0.25) is 4.79 Å². The summed E-state index contributed by atoms with van der Waals surface area (Å²) < 4.78 is 1.72. The van der Waals surface area contributed by atoms with E-state index in [4.69, 9.17) is 17.3 Å². The summed E-state index contributed by atoms with van der Waals surface area (Å²) in [7, 11) is 0. The molecular weight excluding hydrogens is 316 g/mol. The van der Waals surface area contributed by atoms with Crippen LogP contribution in [-0.2, 0) is 13.1 Å². The topological polar surface area (TPSA) is 102 Å². The Hall–Kier alpha value is -2.64. The molecule has 7 nitrogen and oxygen atoms in total. The van der Waals surface area contributed by atoms with Gasteiger partial charge in [-0.15, -0.1) is 0 Å². The molecule has 1 amide bonds. The second kappa shape index (κ2) is 6.64. The first-order valence-electron chi connectivity index (χ1n) is 6.98. The quantitative estimate of drug-likeness (QED) is 0.661. The number of rotatable bonds is 5. The maximum atomic E-state index is 12.1. The average molecular weight is 331 g/mol. The zero-order chi connectivity index (χ0) is 16.2. The van der Waals surface area contributed by atoms with Gasteiger partial charge in [0.05, 0.1) is 29.9 Å². The Morgan fingerprint density at radius 3 is 2.83 bits per heavy atom. The molecule has 0 unspecified atom stereocenters. The lowest BCUT2D eigenvalue weighted by atomic mass is 10.3. The lowest BCUT2D eigenvalue weighted by Crippen LogP contribution is -2.25. The summed E-state index contributed by atoms with van der Waals surface area (Å²) in [5.41, 5.74) is 8.09. The van der Waals surface area contributed by atoms with Crippen LogP contribution in [0.4, 0.5) is 0 Å². The molecule has 3 aromatic rings. The van der Waals surface area contributed by atoms with Gasteiger partial charge in [0.2, 0.25) is 0 Å². The predicted octanol–water partition coefficient (Wildman–Crippen LogP) is 1.64. The minimum absolute atomic E-state index is 0.230. The summed E-state index contributed by atoms with van der Waals surface area (Å²) in [4.78, 5) is 18.9. The first-order valence-corrected chi connectivity index (χ1v) is 7.36. The Bertz CT molecular complexity index is 807. The molecule has 0 saturated carbocycles. The number of carbonyl (C=O) groups excluding carboxylic acids is 1. The van der Waals surface area contributed by atoms with Crippen molar-refractivity contribution >= 4 is 17.5 Å². The highest BCUT2D eigenvalue weighted by Crippen LogP contribution is 2.13. The van der Waals surface area contributed by atoms with Gasteiger partial charge in [0, 0.05) is 17.8 Å². The minimum Gasteiger partial charge on any atom is -0.347 e. The van der Waals surface area contributed by atoms with Crippen LogP contribution in [0, 0.1) is 0 Å². The first kappa shape index (κ1) is 15.3. The first-order chi connectivity index (χ1) is 11.2. The number of hydrogen-bond donors (Lipinski definition) is 3. The van der Waals surface area contributed by atoms with Crippen molar-refractivity contribution in [3.8, 4) is 5.69 Å². The maximum Gasteiger partial charge on any atom is 0.272 e. The summed E-state index contributed by atoms with van der Waals surface area (Å²) in [5, 5.41) is 7.86. The Kier molecular flexibility index (Phi) is 4.40. The molecule has 23 heavy (non-hydrogen) atoms. The van der Waals surface area contributed by atoms with Gasteiger partial charge in [-0.25, -0.2) is 9.67 Å². The van der Waals surface area contributed by atoms with Crippen LogP contribution in [-0.4, -0.2) is 25.7 Å². The van der Waals surface area contributed by atoms with E-state index in [-0.39, 0.29) is 12.5 Å². The van der Waals surface area contributed by atoms with Gasteiger partial charge in [0.1, 0.15) is 5.69 Å². The summed E-state index contributed by atoms with van der Waals surface area (Å²) in [6, 6.07) is 9.17. The third-order valence-corrected chi connectivity index (χ3v) is 3.55. The fourth-order valence-corrected chi connectivity index (χ4v) is 2.25. The SMILES string of the molecule is NCc1[nH]cnc1C(=O)NCc1ccn(-c2ccc(Cl)cc2)n1. The number of nitrogens with zero attached hydrogens (tertiary/aromatic N) is 3. The second-order valence-electron chi connectivity index (χ2n) is 4.84. The van der Waals surface area contributed by atoms with Crippen molar-refractivity contribution in [1.82, 2.24) is 25.1 Å². The highest BCUT2D eigenvalue weighted by Gasteiger charge is 2.13. The summed E-state index contributed by atoms with van der Waals surface area (Å²) >= 11 is 5.87. The van der Waals surface area contributed by atoms with E-state index in [2.05, 4.69) is 20.4 Å². The summed E-state index contributed by atoms with van der Waals surface area (Å²) in [5.74, 6) is -0.284. The van der Waals surface area contributed by atoms with E-state index in [1.165, 1.54) is 6.33 Å². The van der Waals surface area contributed by atoms with Gasteiger partial charge in [0.25, 0.3) is 5.91 Å². The number of nitrogens with one attached hydrogen (secondary N) is 2. The molecule has 0 spiro atoms. The van der Waals surface area contributed by atoms with Crippen molar-refractivity contribution in [3.63, 3.8) is 0 Å². The number of H-pyrrole nitrogens is 1. The molecule has 1 aromatic carbocycles. The van der Waals surface area contributed by atoms with Crippen LogP contribution < -0.4 is 11.1 Å². The Balaban J connectivity index is 1.65. The van der Waals surface area contributed by atoms with Gasteiger partial charge in [-0.05, 0) is 30.3 Å². The van der Waals surface area contributed by atoms with Gasteiger partial charge in [-0.1, -0.05) is 11.6 Å². The number of imidazole rings is 1. The molecule has 2 aromatic heterocycles. The summed E-state index contributed by atoms with van der Waals surface area (Å²) in [6.45, 7) is 0.532. The van der Waals surface area contributed by atoms with Crippen molar-refractivity contribution < 1.29 is 4.79 Å². The van der Waals surface area contributed by atoms with Gasteiger partial charge >= 0.3 is 0 Å². The van der Waals surface area contributed by atoms with Gasteiger partial charge < -0.3 is 16.0 Å². The van der Waals surface area contributed by atoms with E-state index in [9.17, 15) is 4.79 Å². The Morgan fingerprint density at radius 2 is 2.09 bits per heavy atom. The van der Waals surface area contributed by atoms with Gasteiger partial charge in [-0.2, -0.15) is 5.10 Å². The minimum atomic E-state index is -0.284. The molecule has 4 N–H and O–H groups in total. The van der Waals surface area contributed by atoms with E-state index in [0.717, 1.165) is 11.4 Å². The average Bonchev–Trinajstić information content (AvgIpc) is 3.22. The molecule has 0 aliphatic carbocycles. The highest BCUT2D eigenvalue weighted by atomic mass is 35.5. The fraction of sp³-hybridized carbons (Fsp3) is 0.133. The van der Waals surface area contributed by atoms with Crippen LogP contribution in [0.15, 0.2) is 42.9 Å². The molecule has 2 heterocycles. The number of aromatic amines is 1. The van der Waals surface area contributed by atoms with E-state index in [1.807, 2.05) is 24.4 Å². The highest BCUT2D eigenvalue weighted by molar-refractivity contribution is 6.30. The van der Waals surface area contributed by atoms with Crippen molar-refractivity contribution in [2.45, 2.75) is 13.1 Å². The molecule has 0 bridgehead atoms. The van der Waals surface area contributed by atoms with Crippen LogP contribution >= 0.6 is 11.6 Å². The normalized spacial score (nSPS) is 10.7. The lowest BCUT2D eigenvalue weighted by molar-refractivity contribution is 0.0945. The van der Waals surface area contributed by atoms with Crippen molar-refractivity contribution in [1.29, 1.82) is 0 Å². The molecule has 0 aliphatic rings. The molecule has 0 saturated heterocycles. The zero-order valence-corrected chi connectivity index (χ0v) is 12.9. The van der Waals surface area contributed by atoms with Crippen molar-refractivity contribution in [2.24, 2.45) is 5.73 Å². The smallest absolute Gasteiger partial charge is 0.272 e. The monoisotopic (exact) mass is 330 g/mol. The van der Waals surface area contributed by atoms with E-state index in [1.54, 1.807) is 16.8 Å². The number of hydrogen-bond acceptors (Lipinski definition) is 4. The molecule has 0 radical (unpaired) electrons. The van der Waals surface area contributed by atoms with Crippen LogP contribution in [0.25, 0.3) is 5.69 Å². The Morgan fingerprint density at radius 1 is 1.30 bits per heavy atom. The standard InChI is InChI=1S/C15H15ClN6O/c16-10-1-3-12(4-2-10)22-6-5-11(21-22)8-18-15(23)14-13(7-17)19-9-20-14/h1-6,9H,7-8,17H2,(H,18,23)(H,19,20). The van der Waals surface area contributed by atoms with Crippen LogP contribution in [0.2, 0.25) is 5.02 Å². The number of nitrogens with two attached hydrogens (primary N) is 1. The van der Waals surface area contributed by atoms with E-state index in [0.29, 0.717) is 23.0 Å². The third kappa shape index (κ3) is 3.41. The Labute approximate surface area is 137 Å². The van der Waals surface area contributed by atoms with Gasteiger partial charge in [0.15, 0.2) is 0 Å². The van der Waals surface area contributed by atoms with E-state index < -0.39 is 0 Å². The molecule has 0 atom stereocenters. The number of halogens is 1. The van der Waals surface area contributed by atoms with Crippen molar-refractivity contribution in [3.05, 3.63) is 65.0 Å². The summed E-state index contributed by atoms with van der Waals surface area (Å²) in [6.07, 6.45) is 3.27. The molecule has 0 aliphatic heterocycles. The number of benzene rings is 1. The molecule has 0 fully saturated rings. The van der Waals surface area contributed by atoms with Crippen LogP contribution in [0.3, 0.4) is 0 Å². The molecule has 8 heteroatoms. The van der Waals surface area contributed by atoms with Crippen molar-refractivity contribution in [2.75, 3.05) is 0 Å². The largest absolute Gasteiger partial charge is 0.347 e.